The number of carbonyl (C=O) groups is 5. The van der Waals surface area contributed by atoms with Gasteiger partial charge in [0, 0.05) is 31.1 Å². The molecule has 2 saturated heterocycles. The highest BCUT2D eigenvalue weighted by molar-refractivity contribution is 6.02. The molecule has 4 aromatic rings. The number of nitrogen functional groups attached to an aromatic ring is 1. The number of nitrogens with two attached hydrogens (primary N) is 1. The number of benzene rings is 2. The number of piperidine rings is 1. The van der Waals surface area contributed by atoms with E-state index in [4.69, 9.17) is 19.9 Å². The van der Waals surface area contributed by atoms with Crippen LogP contribution in [0.15, 0.2) is 60.9 Å². The summed E-state index contributed by atoms with van der Waals surface area (Å²) in [7, 11) is 0. The zero-order valence-electron chi connectivity index (χ0n) is 36.9. The van der Waals surface area contributed by atoms with Gasteiger partial charge in [-0.2, -0.15) is 5.10 Å². The standard InChI is InChI=1S/C46H56N10O8/c1-27(2)40(50-45(61)64-46(3,4)5)44(60)63-37-12-7-6-9-32(37)33-23-36(42(47)52-51-33)56-25-30(24-48-56)54-20-19-53(26-39(54)58)29-15-13-28(14-16-29)31-10-8-11-34-41(31)62-22-21-55(34)35-17-18-38(57)49-43(35)59/h6-12,23-25,27-29,35,40H,13-22,26H2,1-5H3,(H2,47,52)(H,50,61)(H,49,57,59)/t28?,29?,35?,40-/m0/s1. The predicted octanol–water partition coefficient (Wildman–Crippen LogP) is 4.75. The number of hydrogen-bond acceptors (Lipinski definition) is 14. The van der Waals surface area contributed by atoms with Gasteiger partial charge in [0.05, 0.1) is 42.6 Å². The van der Waals surface area contributed by atoms with E-state index in [2.05, 4.69) is 41.8 Å². The number of fused-ring (bicyclic) bond motifs is 1. The van der Waals surface area contributed by atoms with Crippen molar-refractivity contribution in [2.45, 2.75) is 103 Å². The minimum Gasteiger partial charge on any atom is -0.489 e. The van der Waals surface area contributed by atoms with Gasteiger partial charge in [0.1, 0.15) is 41.5 Å². The first-order valence-corrected chi connectivity index (χ1v) is 22.0. The lowest BCUT2D eigenvalue weighted by molar-refractivity contribution is -0.138. The molecule has 4 N–H and O–H groups in total. The highest BCUT2D eigenvalue weighted by Gasteiger charge is 2.38. The fourth-order valence-corrected chi connectivity index (χ4v) is 9.11. The van der Waals surface area contributed by atoms with Gasteiger partial charge in [0.25, 0.3) is 0 Å². The lowest BCUT2D eigenvalue weighted by atomic mass is 9.80. The molecule has 5 heterocycles. The molecular formula is C46H56N10O8. The molecule has 1 saturated carbocycles. The van der Waals surface area contributed by atoms with E-state index in [0.29, 0.717) is 67.6 Å². The Kier molecular flexibility index (Phi) is 12.6. The number of anilines is 3. The third-order valence-electron chi connectivity index (χ3n) is 12.3. The van der Waals surface area contributed by atoms with Gasteiger partial charge in [-0.3, -0.25) is 24.6 Å². The molecule has 4 amide bonds. The summed E-state index contributed by atoms with van der Waals surface area (Å²) in [6.45, 7) is 11.4. The van der Waals surface area contributed by atoms with Crippen LogP contribution in [-0.4, -0.2) is 111 Å². The van der Waals surface area contributed by atoms with Gasteiger partial charge in [-0.05, 0) is 94.5 Å². The molecular weight excluding hydrogens is 821 g/mol. The molecule has 3 fully saturated rings. The fourth-order valence-electron chi connectivity index (χ4n) is 9.11. The highest BCUT2D eigenvalue weighted by Crippen LogP contribution is 2.45. The Bertz CT molecular complexity index is 2420. The molecule has 0 bridgehead atoms. The quantitative estimate of drug-likeness (QED) is 0.111. The molecule has 18 nitrogen and oxygen atoms in total. The van der Waals surface area contributed by atoms with Gasteiger partial charge in [-0.15, -0.1) is 10.2 Å². The van der Waals surface area contributed by atoms with Crippen LogP contribution in [0.2, 0.25) is 0 Å². The molecule has 3 aliphatic heterocycles. The molecule has 1 aliphatic carbocycles. The zero-order chi connectivity index (χ0) is 45.3. The van der Waals surface area contributed by atoms with Crippen LogP contribution in [0.3, 0.4) is 0 Å². The number of alkyl carbamates (subject to hydrolysis) is 1. The number of esters is 1. The first kappa shape index (κ1) is 44.1. The lowest BCUT2D eigenvalue weighted by Crippen LogP contribution is -2.54. The summed E-state index contributed by atoms with van der Waals surface area (Å²) in [6, 6.07) is 13.6. The summed E-state index contributed by atoms with van der Waals surface area (Å²) in [5.41, 5.74) is 9.51. The third-order valence-corrected chi connectivity index (χ3v) is 12.3. The molecule has 0 radical (unpaired) electrons. The summed E-state index contributed by atoms with van der Waals surface area (Å²) < 4.78 is 19.0. The Labute approximate surface area is 371 Å². The molecule has 0 spiro atoms. The Balaban J connectivity index is 0.895. The van der Waals surface area contributed by atoms with E-state index in [1.165, 1.54) is 0 Å². The predicted molar refractivity (Wildman–Crippen MR) is 237 cm³/mol. The van der Waals surface area contributed by atoms with Crippen molar-refractivity contribution >= 4 is 47.0 Å². The Morgan fingerprint density at radius 3 is 2.47 bits per heavy atom. The van der Waals surface area contributed by atoms with Crippen LogP contribution in [-0.2, 0) is 23.9 Å². The summed E-state index contributed by atoms with van der Waals surface area (Å²) in [4.78, 5) is 70.4. The van der Waals surface area contributed by atoms with Gasteiger partial charge < -0.3 is 35.1 Å². The van der Waals surface area contributed by atoms with Crippen molar-refractivity contribution in [3.63, 3.8) is 0 Å². The van der Waals surface area contributed by atoms with E-state index in [0.717, 1.165) is 42.7 Å². The van der Waals surface area contributed by atoms with Crippen LogP contribution in [0.5, 0.6) is 11.5 Å². The Hall–Kier alpha value is -6.56. The topological polar surface area (TPSA) is 216 Å². The fraction of sp³-hybridized carbons (Fsp3) is 0.478. The van der Waals surface area contributed by atoms with Crippen molar-refractivity contribution in [2.75, 3.05) is 48.3 Å². The number of imide groups is 1. The second-order valence-electron chi connectivity index (χ2n) is 18.2. The minimum atomic E-state index is -0.984. The molecule has 2 aromatic carbocycles. The number of carbonyl (C=O) groups excluding carboxylic acids is 5. The minimum absolute atomic E-state index is 0.0230. The smallest absolute Gasteiger partial charge is 0.408 e. The summed E-state index contributed by atoms with van der Waals surface area (Å²) >= 11 is 0. The molecule has 4 aliphatic rings. The normalized spacial score (nSPS) is 21.2. The Morgan fingerprint density at radius 1 is 0.953 bits per heavy atom. The lowest BCUT2D eigenvalue weighted by Gasteiger charge is -2.42. The van der Waals surface area contributed by atoms with E-state index in [9.17, 15) is 24.0 Å². The van der Waals surface area contributed by atoms with E-state index in [1.54, 1.807) is 86.9 Å². The number of para-hydroxylation sites is 2. The molecule has 1 unspecified atom stereocenters. The number of piperazine rings is 1. The van der Waals surface area contributed by atoms with E-state index in [-0.39, 0.29) is 47.8 Å². The van der Waals surface area contributed by atoms with Crippen LogP contribution in [0.4, 0.5) is 22.0 Å². The Morgan fingerprint density at radius 2 is 1.73 bits per heavy atom. The van der Waals surface area contributed by atoms with Crippen molar-refractivity contribution in [2.24, 2.45) is 5.92 Å². The van der Waals surface area contributed by atoms with Crippen LogP contribution >= 0.6 is 0 Å². The van der Waals surface area contributed by atoms with Crippen molar-refractivity contribution in [3.05, 3.63) is 66.5 Å². The van der Waals surface area contributed by atoms with Crippen molar-refractivity contribution in [1.29, 1.82) is 0 Å². The van der Waals surface area contributed by atoms with E-state index >= 15 is 0 Å². The van der Waals surface area contributed by atoms with Crippen molar-refractivity contribution in [3.8, 4) is 28.4 Å². The molecule has 338 valence electrons. The van der Waals surface area contributed by atoms with Crippen LogP contribution in [0.25, 0.3) is 16.9 Å². The molecule has 8 rings (SSSR count). The maximum absolute atomic E-state index is 13.7. The van der Waals surface area contributed by atoms with Gasteiger partial charge in [-0.25, -0.2) is 14.3 Å². The summed E-state index contributed by atoms with van der Waals surface area (Å²) in [5, 5.41) is 18.2. The number of nitrogens with one attached hydrogen (secondary N) is 2. The SMILES string of the molecule is CC(C)[C@H](NC(=O)OC(C)(C)C)C(=O)Oc1ccccc1-c1cc(-n2cc(N3CCN(C4CCC(c5cccc6c5OCCN6C5CCC(=O)NC5=O)CC4)CC3=O)cn2)c(N)nn1. The largest absolute Gasteiger partial charge is 0.489 e. The number of hydrogen-bond donors (Lipinski definition) is 3. The van der Waals surface area contributed by atoms with Crippen molar-refractivity contribution in [1.82, 2.24) is 35.5 Å². The van der Waals surface area contributed by atoms with Gasteiger partial charge in [-0.1, -0.05) is 38.1 Å². The van der Waals surface area contributed by atoms with Gasteiger partial charge in [0.2, 0.25) is 17.7 Å². The number of amides is 4. The molecule has 18 heteroatoms. The average Bonchev–Trinajstić information content (AvgIpc) is 3.75. The number of ether oxygens (including phenoxy) is 3. The first-order valence-electron chi connectivity index (χ1n) is 22.0. The number of rotatable bonds is 10. The maximum Gasteiger partial charge on any atom is 0.408 e. The second-order valence-corrected chi connectivity index (χ2v) is 18.2. The average molecular weight is 877 g/mol. The zero-order valence-corrected chi connectivity index (χ0v) is 36.9. The maximum atomic E-state index is 13.7. The molecule has 2 aromatic heterocycles. The monoisotopic (exact) mass is 876 g/mol. The summed E-state index contributed by atoms with van der Waals surface area (Å²) in [5.74, 6) is -0.0327. The number of nitrogens with zero attached hydrogens (tertiary/aromatic N) is 7. The van der Waals surface area contributed by atoms with Crippen LogP contribution in [0, 0.1) is 5.92 Å². The van der Waals surface area contributed by atoms with E-state index in [1.807, 2.05) is 12.1 Å². The van der Waals surface area contributed by atoms with Gasteiger partial charge in [0.15, 0.2) is 5.82 Å². The number of aromatic nitrogens is 4. The molecule has 64 heavy (non-hydrogen) atoms. The summed E-state index contributed by atoms with van der Waals surface area (Å²) in [6.07, 6.45) is 7.23. The van der Waals surface area contributed by atoms with Crippen LogP contribution in [0.1, 0.15) is 84.6 Å². The van der Waals surface area contributed by atoms with Crippen LogP contribution < -0.4 is 35.6 Å². The van der Waals surface area contributed by atoms with E-state index < -0.39 is 29.7 Å². The van der Waals surface area contributed by atoms with Gasteiger partial charge >= 0.3 is 12.1 Å². The second kappa shape index (κ2) is 18.3. The molecule has 2 atom stereocenters. The third kappa shape index (κ3) is 9.51. The highest BCUT2D eigenvalue weighted by atomic mass is 16.6. The first-order chi connectivity index (χ1) is 30.6. The van der Waals surface area contributed by atoms with Crippen molar-refractivity contribution < 1.29 is 38.2 Å².